The van der Waals surface area contributed by atoms with Crippen LogP contribution >= 0.6 is 0 Å². The van der Waals surface area contributed by atoms with Crippen molar-refractivity contribution in [1.82, 2.24) is 10.3 Å². The summed E-state index contributed by atoms with van der Waals surface area (Å²) >= 11 is 0. The number of hydrogen-bond acceptors (Lipinski definition) is 5. The molecule has 0 bridgehead atoms. The molecule has 0 atom stereocenters. The highest BCUT2D eigenvalue weighted by Gasteiger charge is 2.22. The van der Waals surface area contributed by atoms with E-state index in [1.54, 1.807) is 6.92 Å². The number of aromatic nitrogens is 2. The van der Waals surface area contributed by atoms with Crippen molar-refractivity contribution in [3.63, 3.8) is 0 Å². The second-order valence-corrected chi connectivity index (χ2v) is 5.44. The van der Waals surface area contributed by atoms with Crippen molar-refractivity contribution < 1.29 is 17.4 Å². The largest absolute Gasteiger partial charge is 0.244 e. The lowest BCUT2D eigenvalue weighted by atomic mass is 10.3. The molecule has 0 amide bonds. The molecule has 17 heavy (non-hydrogen) atoms. The van der Waals surface area contributed by atoms with Gasteiger partial charge in [-0.3, -0.25) is 0 Å². The quantitative estimate of drug-likeness (QED) is 0.831. The standard InChI is InChI=1S/C10H9FN2O3S/c1-7-9(13-16-12-7)6-17(14,15)10-5-3-2-4-8(10)11/h2-5H,6H2,1H3. The highest BCUT2D eigenvalue weighted by molar-refractivity contribution is 7.90. The maximum atomic E-state index is 13.4. The van der Waals surface area contributed by atoms with Crippen LogP contribution in [0.4, 0.5) is 4.39 Å². The van der Waals surface area contributed by atoms with Crippen LogP contribution in [-0.4, -0.2) is 18.7 Å². The lowest BCUT2D eigenvalue weighted by Crippen LogP contribution is -2.08. The molecule has 7 heteroatoms. The minimum absolute atomic E-state index is 0.188. The lowest BCUT2D eigenvalue weighted by molar-refractivity contribution is 0.302. The predicted octanol–water partition coefficient (Wildman–Crippen LogP) is 1.49. The van der Waals surface area contributed by atoms with E-state index >= 15 is 0 Å². The Balaban J connectivity index is 2.39. The van der Waals surface area contributed by atoms with Crippen molar-refractivity contribution in [3.8, 4) is 0 Å². The lowest BCUT2D eigenvalue weighted by Gasteiger charge is -2.03. The Morgan fingerprint density at radius 1 is 1.29 bits per heavy atom. The Labute approximate surface area is 97.1 Å². The highest BCUT2D eigenvalue weighted by atomic mass is 32.2. The molecule has 0 radical (unpaired) electrons. The molecule has 0 fully saturated rings. The summed E-state index contributed by atoms with van der Waals surface area (Å²) in [5.74, 6) is -1.20. The summed E-state index contributed by atoms with van der Waals surface area (Å²) in [5.41, 5.74) is 0.568. The summed E-state index contributed by atoms with van der Waals surface area (Å²) in [7, 11) is -3.77. The number of aryl methyl sites for hydroxylation is 1. The van der Waals surface area contributed by atoms with Crippen molar-refractivity contribution in [2.45, 2.75) is 17.6 Å². The van der Waals surface area contributed by atoms with Gasteiger partial charge in [-0.2, -0.15) is 0 Å². The SMILES string of the molecule is Cc1nonc1CS(=O)(=O)c1ccccc1F. The van der Waals surface area contributed by atoms with E-state index in [0.29, 0.717) is 5.69 Å². The number of halogens is 1. The summed E-state index contributed by atoms with van der Waals surface area (Å²) < 4.78 is 41.6. The molecule has 5 nitrogen and oxygen atoms in total. The first-order valence-electron chi connectivity index (χ1n) is 4.76. The van der Waals surface area contributed by atoms with E-state index in [4.69, 9.17) is 0 Å². The number of benzene rings is 1. The van der Waals surface area contributed by atoms with Crippen LogP contribution in [0.1, 0.15) is 11.4 Å². The summed E-state index contributed by atoms with van der Waals surface area (Å²) in [6, 6.07) is 5.20. The average molecular weight is 256 g/mol. The van der Waals surface area contributed by atoms with Gasteiger partial charge in [0.05, 0.1) is 0 Å². The molecule has 0 saturated carbocycles. The minimum Gasteiger partial charge on any atom is -0.244 e. The van der Waals surface area contributed by atoms with Gasteiger partial charge in [0, 0.05) is 0 Å². The number of sulfone groups is 1. The molecule has 0 aliphatic heterocycles. The Kier molecular flexibility index (Phi) is 2.93. The van der Waals surface area contributed by atoms with Crippen molar-refractivity contribution in [2.24, 2.45) is 0 Å². The fraction of sp³-hybridized carbons (Fsp3) is 0.200. The first-order chi connectivity index (χ1) is 8.00. The summed E-state index contributed by atoms with van der Waals surface area (Å²) in [6.07, 6.45) is 0. The molecule has 0 aliphatic rings. The monoisotopic (exact) mass is 256 g/mol. The van der Waals surface area contributed by atoms with E-state index in [2.05, 4.69) is 14.9 Å². The van der Waals surface area contributed by atoms with Crippen LogP contribution in [0.15, 0.2) is 33.8 Å². The molecule has 2 rings (SSSR count). The molecule has 1 aromatic carbocycles. The summed E-state index contributed by atoms with van der Waals surface area (Å²) in [6.45, 7) is 1.57. The molecule has 1 aromatic heterocycles. The first kappa shape index (κ1) is 11.7. The van der Waals surface area contributed by atoms with Gasteiger partial charge in [0.1, 0.15) is 27.9 Å². The molecule has 2 aromatic rings. The smallest absolute Gasteiger partial charge is 0.187 e. The van der Waals surface area contributed by atoms with Gasteiger partial charge in [-0.1, -0.05) is 22.4 Å². The maximum absolute atomic E-state index is 13.4. The Morgan fingerprint density at radius 3 is 2.59 bits per heavy atom. The molecular weight excluding hydrogens is 247 g/mol. The topological polar surface area (TPSA) is 73.1 Å². The second kappa shape index (κ2) is 4.25. The van der Waals surface area contributed by atoms with Crippen molar-refractivity contribution in [2.75, 3.05) is 0 Å². The maximum Gasteiger partial charge on any atom is 0.187 e. The van der Waals surface area contributed by atoms with Gasteiger partial charge < -0.3 is 0 Å². The molecule has 0 unspecified atom stereocenters. The van der Waals surface area contributed by atoms with Crippen LogP contribution in [0, 0.1) is 12.7 Å². The van der Waals surface area contributed by atoms with Gasteiger partial charge >= 0.3 is 0 Å². The van der Waals surface area contributed by atoms with Gasteiger partial charge in [-0.25, -0.2) is 17.4 Å². The fourth-order valence-electron chi connectivity index (χ4n) is 1.34. The zero-order valence-corrected chi connectivity index (χ0v) is 9.74. The normalized spacial score (nSPS) is 11.6. The molecule has 0 saturated heterocycles. The molecule has 90 valence electrons. The first-order valence-corrected chi connectivity index (χ1v) is 6.41. The highest BCUT2D eigenvalue weighted by Crippen LogP contribution is 2.19. The van der Waals surface area contributed by atoms with Crippen LogP contribution < -0.4 is 0 Å². The second-order valence-electron chi connectivity index (χ2n) is 3.49. The Morgan fingerprint density at radius 2 is 2.00 bits per heavy atom. The molecule has 0 aliphatic carbocycles. The summed E-state index contributed by atoms with van der Waals surface area (Å²) in [4.78, 5) is -0.345. The Hall–Kier alpha value is -1.76. The minimum atomic E-state index is -3.77. The van der Waals surface area contributed by atoms with Gasteiger partial charge in [-0.15, -0.1) is 0 Å². The zero-order chi connectivity index (χ0) is 12.5. The van der Waals surface area contributed by atoms with E-state index in [0.717, 1.165) is 6.07 Å². The van der Waals surface area contributed by atoms with Crippen molar-refractivity contribution in [3.05, 3.63) is 41.5 Å². The van der Waals surface area contributed by atoms with Gasteiger partial charge in [0.25, 0.3) is 0 Å². The fourth-order valence-corrected chi connectivity index (χ4v) is 2.76. The van der Waals surface area contributed by atoms with E-state index in [1.807, 2.05) is 0 Å². The third kappa shape index (κ3) is 2.33. The number of nitrogens with zero attached hydrogens (tertiary/aromatic N) is 2. The van der Waals surface area contributed by atoms with Gasteiger partial charge in [0.2, 0.25) is 0 Å². The summed E-state index contributed by atoms with van der Waals surface area (Å²) in [5, 5.41) is 6.94. The van der Waals surface area contributed by atoms with Crippen LogP contribution in [-0.2, 0) is 15.6 Å². The van der Waals surface area contributed by atoms with E-state index < -0.39 is 21.4 Å². The average Bonchev–Trinajstić information content (AvgIpc) is 2.64. The third-order valence-electron chi connectivity index (χ3n) is 2.24. The van der Waals surface area contributed by atoms with Gasteiger partial charge in [0.15, 0.2) is 9.84 Å². The molecular formula is C10H9FN2O3S. The van der Waals surface area contributed by atoms with Crippen LogP contribution in [0.2, 0.25) is 0 Å². The van der Waals surface area contributed by atoms with Crippen LogP contribution in [0.25, 0.3) is 0 Å². The number of hydrogen-bond donors (Lipinski definition) is 0. The Bertz CT molecular complexity index is 637. The molecule has 0 spiro atoms. The van der Waals surface area contributed by atoms with E-state index in [1.165, 1.54) is 18.2 Å². The predicted molar refractivity (Wildman–Crippen MR) is 56.3 cm³/mol. The van der Waals surface area contributed by atoms with Crippen LogP contribution in [0.5, 0.6) is 0 Å². The van der Waals surface area contributed by atoms with Crippen molar-refractivity contribution >= 4 is 9.84 Å². The zero-order valence-electron chi connectivity index (χ0n) is 8.92. The van der Waals surface area contributed by atoms with E-state index in [-0.39, 0.29) is 10.6 Å². The van der Waals surface area contributed by atoms with Gasteiger partial charge in [-0.05, 0) is 19.1 Å². The molecule has 0 N–H and O–H groups in total. The van der Waals surface area contributed by atoms with Crippen LogP contribution in [0.3, 0.4) is 0 Å². The molecule has 1 heterocycles. The van der Waals surface area contributed by atoms with Crippen molar-refractivity contribution in [1.29, 1.82) is 0 Å². The third-order valence-corrected chi connectivity index (χ3v) is 3.90. The number of rotatable bonds is 3. The van der Waals surface area contributed by atoms with E-state index in [9.17, 15) is 12.8 Å².